The number of rotatable bonds is 11. The Labute approximate surface area is 225 Å². The molecule has 14 heteroatoms. The first-order valence-corrected chi connectivity index (χ1v) is 13.9. The lowest BCUT2D eigenvalue weighted by molar-refractivity contribution is -0.149. The highest BCUT2D eigenvalue weighted by atomic mass is 31.2. The monoisotopic (exact) mass is 562 g/mol. The molecule has 2 unspecified atom stereocenters. The Morgan fingerprint density at radius 2 is 1.95 bits per heavy atom. The van der Waals surface area contributed by atoms with E-state index in [0.717, 1.165) is 0 Å². The number of carbonyl (C=O) groups excluding carboxylic acids is 1. The van der Waals surface area contributed by atoms with E-state index in [0.29, 0.717) is 17.0 Å². The Kier molecular flexibility index (Phi) is 8.65. The average Bonchev–Trinajstić information content (AvgIpc) is 3.40. The van der Waals surface area contributed by atoms with Crippen LogP contribution in [0.3, 0.4) is 0 Å². The lowest BCUT2D eigenvalue weighted by atomic mass is 10.0. The van der Waals surface area contributed by atoms with Crippen LogP contribution in [0.2, 0.25) is 0 Å². The molecule has 210 valence electrons. The zero-order valence-corrected chi connectivity index (χ0v) is 22.9. The molecule has 0 aliphatic heterocycles. The number of fused-ring (bicyclic) bond motifs is 1. The van der Waals surface area contributed by atoms with E-state index in [4.69, 9.17) is 13.8 Å². The summed E-state index contributed by atoms with van der Waals surface area (Å²) in [4.78, 5) is 25.0. The van der Waals surface area contributed by atoms with Crippen molar-refractivity contribution in [3.8, 4) is 5.75 Å². The van der Waals surface area contributed by atoms with E-state index in [-0.39, 0.29) is 17.4 Å². The first-order chi connectivity index (χ1) is 18.5. The smallest absolute Gasteiger partial charge is 0.459 e. The highest BCUT2D eigenvalue weighted by Crippen LogP contribution is 2.49. The fourth-order valence-corrected chi connectivity index (χ4v) is 5.86. The Morgan fingerprint density at radius 1 is 1.23 bits per heavy atom. The number of anilines is 1. The second-order valence-corrected chi connectivity index (χ2v) is 11.1. The van der Waals surface area contributed by atoms with Crippen molar-refractivity contribution in [2.24, 2.45) is 5.92 Å². The third-order valence-electron chi connectivity index (χ3n) is 6.24. The molecular weight excluding hydrogens is 530 g/mol. The number of aliphatic hydroxyl groups is 1. The van der Waals surface area contributed by atoms with Crippen molar-refractivity contribution >= 4 is 30.7 Å². The predicted octanol–water partition coefficient (Wildman–Crippen LogP) is 3.43. The summed E-state index contributed by atoms with van der Waals surface area (Å²) in [6, 6.07) is 6.16. The molecule has 0 radical (unpaired) electrons. The van der Waals surface area contributed by atoms with Gasteiger partial charge in [-0.3, -0.25) is 9.32 Å². The lowest BCUT2D eigenvalue weighted by Crippen LogP contribution is -2.37. The van der Waals surface area contributed by atoms with E-state index >= 15 is 4.39 Å². The number of nitrogens with zero attached hydrogens (tertiary/aromatic N) is 4. The minimum Gasteiger partial charge on any atom is -0.462 e. The van der Waals surface area contributed by atoms with Crippen molar-refractivity contribution in [3.63, 3.8) is 0 Å². The standard InChI is InChI=1S/C25H32FN6O6P/c1-14(2)37-25(34)16(4)31-39(35,38-17-9-7-6-8-10-17)36-11-18-15(3)21(19(26)22(18)33)32-13-30-20-23(27-5)28-12-29-24(20)32/h6-10,12-14,16,18-19,21-22,33H,3,11H2,1-2,4-5H3,(H,31,35)(H,27,28,29)/t16-,18+,19-,21-,22?,39?/m1/s1. The van der Waals surface area contributed by atoms with Crippen LogP contribution in [0.4, 0.5) is 10.2 Å². The molecule has 1 aliphatic carbocycles. The van der Waals surface area contributed by atoms with Gasteiger partial charge >= 0.3 is 13.7 Å². The molecule has 3 aromatic rings. The molecular formula is C25H32FN6O6P. The van der Waals surface area contributed by atoms with Crippen molar-refractivity contribution in [3.05, 3.63) is 55.1 Å². The van der Waals surface area contributed by atoms with Crippen LogP contribution < -0.4 is 14.9 Å². The SMILES string of the molecule is C=C1[C@@H](n2cnc3c(NC)ncnc32)[C@@H](F)C(O)[C@H]1COP(=O)(N[C@H](C)C(=O)OC(C)C)Oc1ccccc1. The summed E-state index contributed by atoms with van der Waals surface area (Å²) in [6.45, 7) is 8.43. The Bertz CT molecular complexity index is 1370. The molecule has 1 aromatic carbocycles. The summed E-state index contributed by atoms with van der Waals surface area (Å²) in [6.07, 6.45) is -0.965. The second-order valence-electron chi connectivity index (χ2n) is 9.39. The van der Waals surface area contributed by atoms with Gasteiger partial charge in [0.25, 0.3) is 0 Å². The van der Waals surface area contributed by atoms with E-state index in [1.54, 1.807) is 51.2 Å². The average molecular weight is 563 g/mol. The Hall–Kier alpha value is -3.38. The van der Waals surface area contributed by atoms with Gasteiger partial charge in [-0.05, 0) is 38.5 Å². The minimum absolute atomic E-state index is 0.217. The summed E-state index contributed by atoms with van der Waals surface area (Å²) in [5, 5.41) is 16.3. The van der Waals surface area contributed by atoms with E-state index in [9.17, 15) is 14.5 Å². The molecule has 0 saturated heterocycles. The molecule has 2 aromatic heterocycles. The number of ether oxygens (including phenoxy) is 1. The molecule has 3 N–H and O–H groups in total. The van der Waals surface area contributed by atoms with Crippen molar-refractivity contribution in [2.45, 2.75) is 51.2 Å². The summed E-state index contributed by atoms with van der Waals surface area (Å²) >= 11 is 0. The topological polar surface area (TPSA) is 150 Å². The largest absolute Gasteiger partial charge is 0.462 e. The third-order valence-corrected chi connectivity index (χ3v) is 7.89. The zero-order valence-electron chi connectivity index (χ0n) is 22.0. The molecule has 0 amide bonds. The number of alkyl halides is 1. The molecule has 0 spiro atoms. The quantitative estimate of drug-likeness (QED) is 0.179. The highest BCUT2D eigenvalue weighted by molar-refractivity contribution is 7.52. The van der Waals surface area contributed by atoms with Crippen molar-refractivity contribution in [1.82, 2.24) is 24.6 Å². The van der Waals surface area contributed by atoms with Crippen LogP contribution in [0.15, 0.2) is 55.1 Å². The van der Waals surface area contributed by atoms with Gasteiger partial charge < -0.3 is 24.3 Å². The number of esters is 1. The van der Waals surface area contributed by atoms with E-state index in [1.807, 2.05) is 0 Å². The van der Waals surface area contributed by atoms with Crippen LogP contribution in [-0.2, 0) is 18.6 Å². The summed E-state index contributed by atoms with van der Waals surface area (Å²) in [5.41, 5.74) is 1.08. The summed E-state index contributed by atoms with van der Waals surface area (Å²) in [7, 11) is -2.54. The summed E-state index contributed by atoms with van der Waals surface area (Å²) in [5.74, 6) is -0.932. The molecule has 4 rings (SSSR count). The lowest BCUT2D eigenvalue weighted by Gasteiger charge is -2.25. The molecule has 39 heavy (non-hydrogen) atoms. The van der Waals surface area contributed by atoms with Gasteiger partial charge in [0, 0.05) is 13.0 Å². The maximum atomic E-state index is 15.5. The van der Waals surface area contributed by atoms with Crippen LogP contribution >= 0.6 is 7.75 Å². The maximum absolute atomic E-state index is 15.5. The number of aliphatic hydroxyl groups excluding tert-OH is 1. The highest BCUT2D eigenvalue weighted by Gasteiger charge is 2.48. The number of hydrogen-bond donors (Lipinski definition) is 3. The minimum atomic E-state index is -4.22. The first-order valence-electron chi connectivity index (χ1n) is 12.4. The van der Waals surface area contributed by atoms with Crippen LogP contribution in [0, 0.1) is 5.92 Å². The second kappa shape index (κ2) is 11.8. The van der Waals surface area contributed by atoms with Gasteiger partial charge in [-0.2, -0.15) is 5.09 Å². The van der Waals surface area contributed by atoms with Gasteiger partial charge in [0.2, 0.25) is 0 Å². The molecule has 6 atom stereocenters. The first kappa shape index (κ1) is 28.6. The van der Waals surface area contributed by atoms with Crippen LogP contribution in [-0.4, -0.2) is 68.7 Å². The Morgan fingerprint density at radius 3 is 2.62 bits per heavy atom. The number of halogens is 1. The summed E-state index contributed by atoms with van der Waals surface area (Å²) < 4.78 is 47.3. The molecule has 1 fully saturated rings. The number of benzene rings is 1. The third kappa shape index (κ3) is 6.11. The zero-order chi connectivity index (χ0) is 28.3. The number of imidazole rings is 1. The number of para-hydroxylation sites is 1. The number of nitrogens with one attached hydrogen (secondary N) is 2. The fraction of sp³-hybridized carbons (Fsp3) is 0.440. The molecule has 1 saturated carbocycles. The maximum Gasteiger partial charge on any atom is 0.459 e. The molecule has 0 bridgehead atoms. The van der Waals surface area contributed by atoms with Crippen LogP contribution in [0.25, 0.3) is 11.2 Å². The number of aromatic nitrogens is 4. The predicted molar refractivity (Wildman–Crippen MR) is 142 cm³/mol. The Balaban J connectivity index is 1.55. The van der Waals surface area contributed by atoms with Gasteiger partial charge in [0.15, 0.2) is 17.6 Å². The molecule has 2 heterocycles. The van der Waals surface area contributed by atoms with E-state index in [1.165, 1.54) is 24.1 Å². The van der Waals surface area contributed by atoms with Gasteiger partial charge in [-0.1, -0.05) is 24.8 Å². The van der Waals surface area contributed by atoms with Crippen molar-refractivity contribution < 1.29 is 32.6 Å². The molecule has 1 aliphatic rings. The van der Waals surface area contributed by atoms with Gasteiger partial charge in [-0.15, -0.1) is 0 Å². The van der Waals surface area contributed by atoms with Gasteiger partial charge in [0.1, 0.15) is 23.6 Å². The van der Waals surface area contributed by atoms with Crippen LogP contribution in [0.1, 0.15) is 26.8 Å². The van der Waals surface area contributed by atoms with Gasteiger partial charge in [0.05, 0.1) is 31.2 Å². The van der Waals surface area contributed by atoms with Crippen molar-refractivity contribution in [2.75, 3.05) is 19.0 Å². The van der Waals surface area contributed by atoms with Crippen molar-refractivity contribution in [1.29, 1.82) is 0 Å². The fourth-order valence-electron chi connectivity index (χ4n) is 4.34. The number of hydrogen-bond acceptors (Lipinski definition) is 10. The van der Waals surface area contributed by atoms with E-state index < -0.39 is 50.6 Å². The van der Waals surface area contributed by atoms with Gasteiger partial charge in [-0.25, -0.2) is 23.9 Å². The number of carbonyl (C=O) groups is 1. The van der Waals surface area contributed by atoms with E-state index in [2.05, 4.69) is 31.9 Å². The molecule has 12 nitrogen and oxygen atoms in total. The van der Waals surface area contributed by atoms with Crippen LogP contribution in [0.5, 0.6) is 5.75 Å². The normalized spacial score (nSPS) is 23.5.